The van der Waals surface area contributed by atoms with Crippen molar-refractivity contribution in [3.8, 4) is 0 Å². The Morgan fingerprint density at radius 1 is 1.05 bits per heavy atom. The van der Waals surface area contributed by atoms with Gasteiger partial charge >= 0.3 is 0 Å². The SMILES string of the molecule is Cc1ccc(C(=O)N(Cc2cccs2)Cc2cccs2)cn1. The van der Waals surface area contributed by atoms with Crippen molar-refractivity contribution >= 4 is 28.6 Å². The number of aromatic nitrogens is 1. The van der Waals surface area contributed by atoms with Crippen LogP contribution in [0.3, 0.4) is 0 Å². The molecule has 0 atom stereocenters. The monoisotopic (exact) mass is 328 g/mol. The van der Waals surface area contributed by atoms with E-state index in [0.29, 0.717) is 18.7 Å². The second-order valence-corrected chi connectivity index (χ2v) is 7.07. The molecule has 3 rings (SSSR count). The fraction of sp³-hybridized carbons (Fsp3) is 0.176. The number of pyridine rings is 1. The number of aryl methyl sites for hydroxylation is 1. The van der Waals surface area contributed by atoms with Gasteiger partial charge < -0.3 is 4.90 Å². The molecule has 0 aromatic carbocycles. The molecular weight excluding hydrogens is 312 g/mol. The summed E-state index contributed by atoms with van der Waals surface area (Å²) in [4.78, 5) is 21.3. The summed E-state index contributed by atoms with van der Waals surface area (Å²) in [5.41, 5.74) is 1.55. The first-order valence-corrected chi connectivity index (χ1v) is 8.75. The van der Waals surface area contributed by atoms with Crippen molar-refractivity contribution in [3.05, 3.63) is 74.4 Å². The summed E-state index contributed by atoms with van der Waals surface area (Å²) in [6.07, 6.45) is 1.66. The Bertz CT molecular complexity index is 682. The maximum Gasteiger partial charge on any atom is 0.256 e. The predicted octanol–water partition coefficient (Wildman–Crippen LogP) is 4.36. The van der Waals surface area contributed by atoms with E-state index >= 15 is 0 Å². The van der Waals surface area contributed by atoms with Gasteiger partial charge in [0.15, 0.2) is 0 Å². The smallest absolute Gasteiger partial charge is 0.256 e. The standard InChI is InChI=1S/C17H16N2OS2/c1-13-6-7-14(10-18-13)17(20)19(11-15-4-2-8-21-15)12-16-5-3-9-22-16/h2-10H,11-12H2,1H3. The average Bonchev–Trinajstić information content (AvgIpc) is 3.20. The predicted molar refractivity (Wildman–Crippen MR) is 91.2 cm³/mol. The van der Waals surface area contributed by atoms with E-state index in [1.54, 1.807) is 28.9 Å². The molecule has 0 fully saturated rings. The third-order valence-electron chi connectivity index (χ3n) is 3.30. The van der Waals surface area contributed by atoms with Gasteiger partial charge in [-0.25, -0.2) is 0 Å². The fourth-order valence-electron chi connectivity index (χ4n) is 2.16. The zero-order chi connectivity index (χ0) is 15.4. The highest BCUT2D eigenvalue weighted by atomic mass is 32.1. The number of rotatable bonds is 5. The Morgan fingerprint density at radius 3 is 2.14 bits per heavy atom. The van der Waals surface area contributed by atoms with Crippen molar-refractivity contribution < 1.29 is 4.79 Å². The normalized spacial score (nSPS) is 10.6. The van der Waals surface area contributed by atoms with E-state index in [9.17, 15) is 4.79 Å². The molecule has 0 bridgehead atoms. The highest BCUT2D eigenvalue weighted by Gasteiger charge is 2.17. The maximum absolute atomic E-state index is 12.8. The van der Waals surface area contributed by atoms with E-state index in [2.05, 4.69) is 17.1 Å². The number of carbonyl (C=O) groups is 1. The zero-order valence-corrected chi connectivity index (χ0v) is 13.9. The van der Waals surface area contributed by atoms with Crippen LogP contribution in [0.4, 0.5) is 0 Å². The highest BCUT2D eigenvalue weighted by Crippen LogP contribution is 2.19. The number of carbonyl (C=O) groups excluding carboxylic acids is 1. The van der Waals surface area contributed by atoms with Crippen LogP contribution in [-0.4, -0.2) is 15.8 Å². The molecule has 0 spiro atoms. The summed E-state index contributed by atoms with van der Waals surface area (Å²) in [6.45, 7) is 3.17. The number of thiophene rings is 2. The van der Waals surface area contributed by atoms with Crippen molar-refractivity contribution in [2.24, 2.45) is 0 Å². The van der Waals surface area contributed by atoms with E-state index in [4.69, 9.17) is 0 Å². The van der Waals surface area contributed by atoms with E-state index in [1.165, 1.54) is 9.75 Å². The van der Waals surface area contributed by atoms with Crippen LogP contribution >= 0.6 is 22.7 Å². The minimum Gasteiger partial charge on any atom is -0.328 e. The summed E-state index contributed by atoms with van der Waals surface area (Å²) >= 11 is 3.35. The Kier molecular flexibility index (Phi) is 4.65. The zero-order valence-electron chi connectivity index (χ0n) is 12.2. The number of hydrogen-bond donors (Lipinski definition) is 0. The van der Waals surface area contributed by atoms with Gasteiger partial charge in [-0.15, -0.1) is 22.7 Å². The molecule has 0 aliphatic rings. The molecule has 5 heteroatoms. The van der Waals surface area contributed by atoms with E-state index < -0.39 is 0 Å². The van der Waals surface area contributed by atoms with E-state index in [-0.39, 0.29) is 5.91 Å². The Balaban J connectivity index is 1.83. The van der Waals surface area contributed by atoms with Crippen molar-refractivity contribution in [1.82, 2.24) is 9.88 Å². The average molecular weight is 328 g/mol. The molecule has 0 unspecified atom stereocenters. The van der Waals surface area contributed by atoms with Crippen LogP contribution in [-0.2, 0) is 13.1 Å². The third-order valence-corrected chi connectivity index (χ3v) is 5.02. The highest BCUT2D eigenvalue weighted by molar-refractivity contribution is 7.10. The quantitative estimate of drug-likeness (QED) is 0.697. The molecule has 0 saturated carbocycles. The summed E-state index contributed by atoms with van der Waals surface area (Å²) in [7, 11) is 0. The van der Waals surface area contributed by atoms with Crippen molar-refractivity contribution in [2.45, 2.75) is 20.0 Å². The number of nitrogens with zero attached hydrogens (tertiary/aromatic N) is 2. The Labute approximate surface area is 137 Å². The summed E-state index contributed by atoms with van der Waals surface area (Å²) in [5.74, 6) is 0.0225. The number of amides is 1. The molecular formula is C17H16N2OS2. The van der Waals surface area contributed by atoms with Gasteiger partial charge in [-0.1, -0.05) is 12.1 Å². The molecule has 0 aliphatic carbocycles. The summed E-state index contributed by atoms with van der Waals surface area (Å²) in [6, 6.07) is 11.9. The molecule has 0 N–H and O–H groups in total. The van der Waals surface area contributed by atoms with E-state index in [0.717, 1.165) is 5.69 Å². The Hall–Kier alpha value is -1.98. The third kappa shape index (κ3) is 3.61. The second-order valence-electron chi connectivity index (χ2n) is 5.01. The van der Waals surface area contributed by atoms with Crippen LogP contribution in [0.5, 0.6) is 0 Å². The lowest BCUT2D eigenvalue weighted by Crippen LogP contribution is -2.29. The van der Waals surface area contributed by atoms with Crippen LogP contribution in [0.1, 0.15) is 25.8 Å². The molecule has 22 heavy (non-hydrogen) atoms. The van der Waals surface area contributed by atoms with Crippen molar-refractivity contribution in [2.75, 3.05) is 0 Å². The first-order valence-electron chi connectivity index (χ1n) is 6.99. The number of hydrogen-bond acceptors (Lipinski definition) is 4. The molecule has 3 heterocycles. The van der Waals surface area contributed by atoms with Gasteiger partial charge in [0.1, 0.15) is 0 Å². The molecule has 3 aromatic rings. The maximum atomic E-state index is 12.8. The lowest BCUT2D eigenvalue weighted by Gasteiger charge is -2.21. The summed E-state index contributed by atoms with van der Waals surface area (Å²) in [5, 5.41) is 4.08. The molecule has 112 valence electrons. The van der Waals surface area contributed by atoms with Crippen LogP contribution in [0, 0.1) is 6.92 Å². The molecule has 3 nitrogen and oxygen atoms in total. The van der Waals surface area contributed by atoms with Gasteiger partial charge in [-0.2, -0.15) is 0 Å². The fourth-order valence-corrected chi connectivity index (χ4v) is 3.60. The second kappa shape index (κ2) is 6.85. The van der Waals surface area contributed by atoms with Crippen LogP contribution < -0.4 is 0 Å². The largest absolute Gasteiger partial charge is 0.328 e. The van der Waals surface area contributed by atoms with Crippen molar-refractivity contribution in [3.63, 3.8) is 0 Å². The first-order chi connectivity index (χ1) is 10.7. The van der Waals surface area contributed by atoms with Crippen LogP contribution in [0.2, 0.25) is 0 Å². The van der Waals surface area contributed by atoms with Gasteiger partial charge in [0.2, 0.25) is 0 Å². The Morgan fingerprint density at radius 2 is 1.68 bits per heavy atom. The van der Waals surface area contributed by atoms with Gasteiger partial charge in [0.05, 0.1) is 18.7 Å². The lowest BCUT2D eigenvalue weighted by atomic mass is 10.2. The lowest BCUT2D eigenvalue weighted by molar-refractivity contribution is 0.0733. The molecule has 0 saturated heterocycles. The van der Waals surface area contributed by atoms with E-state index in [1.807, 2.05) is 46.8 Å². The minimum absolute atomic E-state index is 0.0225. The van der Waals surface area contributed by atoms with Crippen LogP contribution in [0.15, 0.2) is 53.4 Å². The van der Waals surface area contributed by atoms with Gasteiger partial charge in [0, 0.05) is 21.6 Å². The minimum atomic E-state index is 0.0225. The molecule has 0 aliphatic heterocycles. The molecule has 1 amide bonds. The van der Waals surface area contributed by atoms with Crippen LogP contribution in [0.25, 0.3) is 0 Å². The first kappa shape index (κ1) is 14.9. The summed E-state index contributed by atoms with van der Waals surface area (Å²) < 4.78 is 0. The van der Waals surface area contributed by atoms with Crippen molar-refractivity contribution in [1.29, 1.82) is 0 Å². The topological polar surface area (TPSA) is 33.2 Å². The van der Waals surface area contributed by atoms with Gasteiger partial charge in [-0.05, 0) is 41.9 Å². The van der Waals surface area contributed by atoms with Gasteiger partial charge in [-0.3, -0.25) is 9.78 Å². The molecule has 3 aromatic heterocycles. The van der Waals surface area contributed by atoms with Gasteiger partial charge in [0.25, 0.3) is 5.91 Å². The molecule has 0 radical (unpaired) electrons.